The van der Waals surface area contributed by atoms with Crippen LogP contribution in [0.1, 0.15) is 66.2 Å². The molecule has 2 bridgehead atoms. The molecule has 27 heavy (non-hydrogen) atoms. The zero-order valence-corrected chi connectivity index (χ0v) is 17.0. The van der Waals surface area contributed by atoms with Crippen LogP contribution in [0.25, 0.3) is 0 Å². The summed E-state index contributed by atoms with van der Waals surface area (Å²) in [4.78, 5) is 12.0. The first kappa shape index (κ1) is 18.4. The number of hydrogen-bond acceptors (Lipinski definition) is 5. The van der Waals surface area contributed by atoms with Crippen LogP contribution in [0.5, 0.6) is 0 Å². The third kappa shape index (κ3) is 1.99. The van der Waals surface area contributed by atoms with Crippen LogP contribution in [-0.4, -0.2) is 46.7 Å². The van der Waals surface area contributed by atoms with Crippen LogP contribution in [0.2, 0.25) is 0 Å². The molecule has 1 spiro atoms. The number of aliphatic hydroxyl groups is 2. The highest BCUT2D eigenvalue weighted by Gasteiger charge is 2.82. The highest BCUT2D eigenvalue weighted by Crippen LogP contribution is 2.78. The van der Waals surface area contributed by atoms with Crippen molar-refractivity contribution in [1.82, 2.24) is 0 Å². The monoisotopic (exact) mass is 378 g/mol. The van der Waals surface area contributed by atoms with Crippen LogP contribution in [-0.2, 0) is 14.3 Å². The molecule has 2 N–H and O–H groups in total. The highest BCUT2D eigenvalue weighted by atomic mass is 16.6. The summed E-state index contributed by atoms with van der Waals surface area (Å²) in [6.07, 6.45) is 5.36. The molecule has 0 aromatic rings. The molecule has 1 heterocycles. The second kappa shape index (κ2) is 5.28. The van der Waals surface area contributed by atoms with E-state index in [1.165, 1.54) is 13.3 Å². The minimum atomic E-state index is -0.545. The smallest absolute Gasteiger partial charge is 0.302 e. The molecule has 5 aliphatic rings. The van der Waals surface area contributed by atoms with Gasteiger partial charge in [-0.25, -0.2) is 0 Å². The summed E-state index contributed by atoms with van der Waals surface area (Å²) in [5.41, 5.74) is -0.635. The quantitative estimate of drug-likeness (QED) is 0.570. The standard InChI is InChI=1S/C22H34O5/c1-12(24)26-17-9-15-19(2,8-7-16(25)20(15,3)11-23)14-6-5-13-10-22(14,17)18-21(13,4)27-18/h13-18,23,25H,5-11H2,1-4H3/t13-,14+,15+,16-,17+,18+,19+,20-,21+,22-/m0/s1. The zero-order valence-electron chi connectivity index (χ0n) is 17.0. The molecule has 0 aromatic heterocycles. The lowest BCUT2D eigenvalue weighted by Crippen LogP contribution is -2.66. The van der Waals surface area contributed by atoms with E-state index in [2.05, 4.69) is 13.8 Å². The maximum atomic E-state index is 12.0. The fourth-order valence-corrected chi connectivity index (χ4v) is 8.63. The molecule has 0 radical (unpaired) electrons. The first-order chi connectivity index (χ1) is 12.6. The van der Waals surface area contributed by atoms with E-state index in [4.69, 9.17) is 9.47 Å². The van der Waals surface area contributed by atoms with Crippen molar-refractivity contribution in [1.29, 1.82) is 0 Å². The third-order valence-corrected chi connectivity index (χ3v) is 9.99. The van der Waals surface area contributed by atoms with Crippen LogP contribution in [0.15, 0.2) is 0 Å². The van der Waals surface area contributed by atoms with Crippen LogP contribution in [0.3, 0.4) is 0 Å². The third-order valence-electron chi connectivity index (χ3n) is 9.99. The average Bonchev–Trinajstić information content (AvgIpc) is 3.29. The van der Waals surface area contributed by atoms with E-state index < -0.39 is 11.5 Å². The van der Waals surface area contributed by atoms with Crippen molar-refractivity contribution in [2.75, 3.05) is 6.61 Å². The molecule has 10 atom stereocenters. The van der Waals surface area contributed by atoms with Crippen molar-refractivity contribution >= 4 is 5.97 Å². The van der Waals surface area contributed by atoms with Gasteiger partial charge in [-0.05, 0) is 68.6 Å². The van der Waals surface area contributed by atoms with E-state index in [0.717, 1.165) is 32.1 Å². The molecular weight excluding hydrogens is 344 g/mol. The summed E-state index contributed by atoms with van der Waals surface area (Å²) >= 11 is 0. The van der Waals surface area contributed by atoms with Gasteiger partial charge in [0.2, 0.25) is 0 Å². The Morgan fingerprint density at radius 2 is 1.93 bits per heavy atom. The first-order valence-electron chi connectivity index (χ1n) is 10.8. The van der Waals surface area contributed by atoms with Gasteiger partial charge in [-0.2, -0.15) is 0 Å². The van der Waals surface area contributed by atoms with Crippen molar-refractivity contribution in [3.05, 3.63) is 0 Å². The Morgan fingerprint density at radius 3 is 2.59 bits per heavy atom. The number of aliphatic hydroxyl groups excluding tert-OH is 2. The normalized spacial score (nSPS) is 60.8. The number of fused-ring (bicyclic) bond motifs is 5. The maximum absolute atomic E-state index is 12.0. The summed E-state index contributed by atoms with van der Waals surface area (Å²) in [5.74, 6) is 0.892. The molecule has 5 heteroatoms. The Bertz CT molecular complexity index is 680. The molecule has 5 fully saturated rings. The van der Waals surface area contributed by atoms with Crippen molar-refractivity contribution < 1.29 is 24.5 Å². The molecule has 5 rings (SSSR count). The molecule has 152 valence electrons. The van der Waals surface area contributed by atoms with E-state index in [1.807, 2.05) is 6.92 Å². The van der Waals surface area contributed by atoms with Crippen molar-refractivity contribution in [3.8, 4) is 0 Å². The summed E-state index contributed by atoms with van der Waals surface area (Å²) in [6, 6.07) is 0. The Balaban J connectivity index is 1.63. The summed E-state index contributed by atoms with van der Waals surface area (Å²) in [6.45, 7) is 8.14. The van der Waals surface area contributed by atoms with Gasteiger partial charge in [0.05, 0.1) is 24.4 Å². The molecule has 0 unspecified atom stereocenters. The van der Waals surface area contributed by atoms with Crippen molar-refractivity contribution in [2.24, 2.45) is 34.0 Å². The second-order valence-electron chi connectivity index (χ2n) is 10.9. The van der Waals surface area contributed by atoms with E-state index in [-0.39, 0.29) is 47.1 Å². The number of esters is 1. The molecule has 1 aliphatic heterocycles. The van der Waals surface area contributed by atoms with E-state index in [1.54, 1.807) is 0 Å². The predicted octanol–water partition coefficient (Wildman–Crippen LogP) is 2.67. The zero-order chi connectivity index (χ0) is 19.4. The van der Waals surface area contributed by atoms with Crippen molar-refractivity contribution in [2.45, 2.75) is 90.1 Å². The fraction of sp³-hybridized carbons (Fsp3) is 0.955. The molecule has 4 aliphatic carbocycles. The number of epoxide rings is 1. The molecule has 5 nitrogen and oxygen atoms in total. The lowest BCUT2D eigenvalue weighted by atomic mass is 9.39. The summed E-state index contributed by atoms with van der Waals surface area (Å²) in [7, 11) is 0. The average molecular weight is 379 g/mol. The van der Waals surface area contributed by atoms with E-state index in [0.29, 0.717) is 11.8 Å². The summed E-state index contributed by atoms with van der Waals surface area (Å²) < 4.78 is 12.3. The van der Waals surface area contributed by atoms with Gasteiger partial charge in [-0.1, -0.05) is 13.8 Å². The Morgan fingerprint density at radius 1 is 1.19 bits per heavy atom. The number of ether oxygens (including phenoxy) is 2. The molecule has 0 amide bonds. The van der Waals surface area contributed by atoms with E-state index >= 15 is 0 Å². The van der Waals surface area contributed by atoms with Crippen LogP contribution in [0, 0.1) is 34.0 Å². The van der Waals surface area contributed by atoms with Gasteiger partial charge in [0.1, 0.15) is 6.10 Å². The highest BCUT2D eigenvalue weighted by molar-refractivity contribution is 5.66. The maximum Gasteiger partial charge on any atom is 0.302 e. The SMILES string of the molecule is CC(=O)O[C@@H]1C[C@@H]2[C@](C)(CC[C@H](O)[C@@]2(C)CO)[C@H]2CC[C@H]3C[C@]21[C@@H]1O[C@]31C. The van der Waals surface area contributed by atoms with Gasteiger partial charge in [0.15, 0.2) is 0 Å². The Kier molecular flexibility index (Phi) is 3.60. The molecule has 0 aromatic carbocycles. The minimum Gasteiger partial charge on any atom is -0.462 e. The number of hydrogen-bond donors (Lipinski definition) is 2. The minimum absolute atomic E-state index is 0.0266. The van der Waals surface area contributed by atoms with Crippen LogP contribution < -0.4 is 0 Å². The largest absolute Gasteiger partial charge is 0.462 e. The number of rotatable bonds is 2. The van der Waals surface area contributed by atoms with Crippen molar-refractivity contribution in [3.63, 3.8) is 0 Å². The van der Waals surface area contributed by atoms with Crippen LogP contribution >= 0.6 is 0 Å². The second-order valence-corrected chi connectivity index (χ2v) is 10.9. The Hall–Kier alpha value is -0.650. The van der Waals surface area contributed by atoms with Gasteiger partial charge in [-0.15, -0.1) is 0 Å². The van der Waals surface area contributed by atoms with Gasteiger partial charge >= 0.3 is 5.97 Å². The van der Waals surface area contributed by atoms with Gasteiger partial charge in [0, 0.05) is 17.8 Å². The molecule has 1 saturated heterocycles. The predicted molar refractivity (Wildman–Crippen MR) is 98.7 cm³/mol. The topological polar surface area (TPSA) is 79.3 Å². The summed E-state index contributed by atoms with van der Waals surface area (Å²) in [5, 5.41) is 21.1. The number of carbonyl (C=O) groups is 1. The van der Waals surface area contributed by atoms with Gasteiger partial charge in [-0.3, -0.25) is 4.79 Å². The lowest BCUT2D eigenvalue weighted by molar-refractivity contribution is -0.246. The number of carbonyl (C=O) groups excluding carboxylic acids is 1. The molecular formula is C22H34O5. The Labute approximate surface area is 161 Å². The first-order valence-corrected chi connectivity index (χ1v) is 10.8. The molecule has 4 saturated carbocycles. The van der Waals surface area contributed by atoms with Gasteiger partial charge < -0.3 is 19.7 Å². The van der Waals surface area contributed by atoms with E-state index in [9.17, 15) is 15.0 Å². The fourth-order valence-electron chi connectivity index (χ4n) is 8.63. The van der Waals surface area contributed by atoms with Gasteiger partial charge in [0.25, 0.3) is 0 Å². The van der Waals surface area contributed by atoms with Crippen LogP contribution in [0.4, 0.5) is 0 Å². The lowest BCUT2D eigenvalue weighted by Gasteiger charge is -2.66.